The molecule has 2 aromatic rings. The molecule has 0 bridgehead atoms. The molecule has 2 aliphatic rings. The number of halogens is 2. The summed E-state index contributed by atoms with van der Waals surface area (Å²) < 4.78 is 6.12. The number of nitrogens with one attached hydrogen (secondary N) is 1. The third-order valence-electron chi connectivity index (χ3n) is 6.37. The maximum Gasteiger partial charge on any atom is 0.247 e. The number of carbonyl (C=O) groups is 2. The monoisotopic (exact) mass is 530 g/mol. The van der Waals surface area contributed by atoms with Crippen LogP contribution in [-0.2, 0) is 16.1 Å². The lowest BCUT2D eigenvalue weighted by molar-refractivity contribution is -0.132. The number of allylic oxidation sites excluding steroid dienone is 1. The number of ether oxygens (including phenoxy) is 1. The highest BCUT2D eigenvalue weighted by molar-refractivity contribution is 6.35. The topological polar surface area (TPSA) is 99.1 Å². The van der Waals surface area contributed by atoms with Crippen molar-refractivity contribution in [1.29, 1.82) is 0 Å². The summed E-state index contributed by atoms with van der Waals surface area (Å²) >= 11 is 12.5. The van der Waals surface area contributed by atoms with E-state index < -0.39 is 30.1 Å². The van der Waals surface area contributed by atoms with E-state index in [2.05, 4.69) is 5.32 Å². The number of rotatable bonds is 8. The van der Waals surface area contributed by atoms with Crippen molar-refractivity contribution in [3.63, 3.8) is 0 Å². The Hall–Kier alpha value is -2.84. The molecule has 4 atom stereocenters. The van der Waals surface area contributed by atoms with Crippen LogP contribution in [0.4, 0.5) is 0 Å². The second-order valence-electron chi connectivity index (χ2n) is 8.69. The van der Waals surface area contributed by atoms with Crippen molar-refractivity contribution in [1.82, 2.24) is 10.2 Å². The standard InChI is InChI=1S/C27H28Cl2N2O5/c1-2-3-8-23(33)31(15-16-9-10-17(28)13-20(16)29)21-14-19(27(35)30-11-12-32)24-18-6-4-5-7-22(18)36-26(24)25(21)34/h3-10,13-14,21,24-26,32,34H,2,11-12,15H2,1H3,(H,30,35). The molecule has 1 heterocycles. The van der Waals surface area contributed by atoms with Crippen LogP contribution in [0.25, 0.3) is 0 Å². The lowest BCUT2D eigenvalue weighted by atomic mass is 9.77. The molecule has 0 saturated heterocycles. The summed E-state index contributed by atoms with van der Waals surface area (Å²) in [5, 5.41) is 24.3. The van der Waals surface area contributed by atoms with Crippen molar-refractivity contribution >= 4 is 35.0 Å². The van der Waals surface area contributed by atoms with Crippen molar-refractivity contribution in [3.8, 4) is 5.75 Å². The highest BCUT2D eigenvalue weighted by atomic mass is 35.5. The van der Waals surface area contributed by atoms with Crippen LogP contribution in [0, 0.1) is 0 Å². The molecule has 2 aromatic carbocycles. The molecule has 3 N–H and O–H groups in total. The van der Waals surface area contributed by atoms with Gasteiger partial charge in [-0.1, -0.05) is 60.5 Å². The number of aliphatic hydroxyl groups is 2. The van der Waals surface area contributed by atoms with E-state index >= 15 is 0 Å². The van der Waals surface area contributed by atoms with Crippen LogP contribution in [-0.4, -0.2) is 58.3 Å². The highest BCUT2D eigenvalue weighted by Crippen LogP contribution is 2.47. The minimum absolute atomic E-state index is 0.0749. The lowest BCUT2D eigenvalue weighted by Gasteiger charge is -2.40. The molecule has 0 fully saturated rings. The summed E-state index contributed by atoms with van der Waals surface area (Å²) in [6.45, 7) is 1.85. The fraction of sp³-hybridized carbons (Fsp3) is 0.333. The summed E-state index contributed by atoms with van der Waals surface area (Å²) in [5.41, 5.74) is 1.80. The number of carbonyl (C=O) groups excluding carboxylic acids is 2. The number of nitrogens with zero attached hydrogens (tertiary/aromatic N) is 1. The van der Waals surface area contributed by atoms with E-state index in [1.54, 1.807) is 36.4 Å². The SMILES string of the molecule is CCC=CC(=O)N(Cc1ccc(Cl)cc1Cl)C1C=C(C(=O)NCCO)C2c3ccccc3OC2C1O. The molecule has 4 rings (SSSR count). The average molecular weight is 531 g/mol. The summed E-state index contributed by atoms with van der Waals surface area (Å²) in [5.74, 6) is -0.671. The molecule has 0 saturated carbocycles. The number of para-hydroxylation sites is 1. The van der Waals surface area contributed by atoms with E-state index in [0.717, 1.165) is 5.56 Å². The predicted molar refractivity (Wildman–Crippen MR) is 138 cm³/mol. The van der Waals surface area contributed by atoms with Gasteiger partial charge in [0.1, 0.15) is 18.0 Å². The van der Waals surface area contributed by atoms with E-state index in [0.29, 0.717) is 33.4 Å². The number of fused-ring (bicyclic) bond motifs is 3. The molecule has 36 heavy (non-hydrogen) atoms. The smallest absolute Gasteiger partial charge is 0.247 e. The van der Waals surface area contributed by atoms with Gasteiger partial charge in [0.05, 0.1) is 18.6 Å². The summed E-state index contributed by atoms with van der Waals surface area (Å²) in [6, 6.07) is 11.4. The van der Waals surface area contributed by atoms with Gasteiger partial charge in [-0.15, -0.1) is 0 Å². The van der Waals surface area contributed by atoms with Gasteiger partial charge in [0.25, 0.3) is 0 Å². The molecule has 7 nitrogen and oxygen atoms in total. The second kappa shape index (κ2) is 11.5. The first-order chi connectivity index (χ1) is 17.3. The normalized spacial score (nSPS) is 22.4. The lowest BCUT2D eigenvalue weighted by Crippen LogP contribution is -2.55. The van der Waals surface area contributed by atoms with Crippen LogP contribution in [0.1, 0.15) is 30.4 Å². The Kier molecular flexibility index (Phi) is 8.36. The zero-order valence-corrected chi connectivity index (χ0v) is 21.2. The molecule has 1 aliphatic heterocycles. The molecule has 0 spiro atoms. The number of aliphatic hydroxyl groups excluding tert-OH is 2. The molecule has 1 aliphatic carbocycles. The molecular formula is C27H28Cl2N2O5. The van der Waals surface area contributed by atoms with Crippen molar-refractivity contribution in [2.75, 3.05) is 13.2 Å². The summed E-state index contributed by atoms with van der Waals surface area (Å²) in [7, 11) is 0. The average Bonchev–Trinajstić information content (AvgIpc) is 3.26. The maximum atomic E-state index is 13.3. The predicted octanol–water partition coefficient (Wildman–Crippen LogP) is 3.61. The van der Waals surface area contributed by atoms with Crippen LogP contribution in [0.5, 0.6) is 5.75 Å². The van der Waals surface area contributed by atoms with Gasteiger partial charge in [-0.25, -0.2) is 0 Å². The van der Waals surface area contributed by atoms with Crippen molar-refractivity contribution < 1.29 is 24.5 Å². The number of hydrogen-bond acceptors (Lipinski definition) is 5. The molecule has 9 heteroatoms. The van der Waals surface area contributed by atoms with Crippen LogP contribution in [0.3, 0.4) is 0 Å². The van der Waals surface area contributed by atoms with Crippen molar-refractivity contribution in [3.05, 3.63) is 87.4 Å². The van der Waals surface area contributed by atoms with Gasteiger partial charge >= 0.3 is 0 Å². The van der Waals surface area contributed by atoms with Gasteiger partial charge in [-0.2, -0.15) is 0 Å². The summed E-state index contributed by atoms with van der Waals surface area (Å²) in [4.78, 5) is 28.0. The Labute approximate surface area is 220 Å². The Balaban J connectivity index is 1.78. The van der Waals surface area contributed by atoms with Gasteiger partial charge in [0, 0.05) is 34.3 Å². The fourth-order valence-electron chi connectivity index (χ4n) is 4.67. The first-order valence-corrected chi connectivity index (χ1v) is 12.6. The van der Waals surface area contributed by atoms with Crippen LogP contribution < -0.4 is 10.1 Å². The largest absolute Gasteiger partial charge is 0.486 e. The Bertz CT molecular complexity index is 1200. The van der Waals surface area contributed by atoms with E-state index in [1.165, 1.54) is 11.0 Å². The Morgan fingerprint density at radius 1 is 1.19 bits per heavy atom. The van der Waals surface area contributed by atoms with Crippen molar-refractivity contribution in [2.24, 2.45) is 0 Å². The fourth-order valence-corrected chi connectivity index (χ4v) is 5.14. The number of hydrogen-bond donors (Lipinski definition) is 3. The molecule has 190 valence electrons. The molecule has 0 radical (unpaired) electrons. The van der Waals surface area contributed by atoms with E-state index in [9.17, 15) is 19.8 Å². The third kappa shape index (κ3) is 5.30. The quantitative estimate of drug-likeness (QED) is 0.452. The Morgan fingerprint density at radius 2 is 1.97 bits per heavy atom. The Morgan fingerprint density at radius 3 is 2.69 bits per heavy atom. The number of amides is 2. The maximum absolute atomic E-state index is 13.3. The van der Waals surface area contributed by atoms with Gasteiger partial charge < -0.3 is 25.2 Å². The highest BCUT2D eigenvalue weighted by Gasteiger charge is 2.50. The van der Waals surface area contributed by atoms with Crippen LogP contribution in [0.2, 0.25) is 10.0 Å². The first kappa shape index (κ1) is 26.2. The van der Waals surface area contributed by atoms with Crippen molar-refractivity contribution in [2.45, 2.75) is 44.1 Å². The molecule has 4 unspecified atom stereocenters. The zero-order valence-electron chi connectivity index (χ0n) is 19.7. The van der Waals surface area contributed by atoms with Gasteiger partial charge in [0.15, 0.2) is 0 Å². The van der Waals surface area contributed by atoms with Crippen LogP contribution >= 0.6 is 23.2 Å². The minimum atomic E-state index is -1.12. The van der Waals surface area contributed by atoms with Gasteiger partial charge in [-0.05, 0) is 42.3 Å². The van der Waals surface area contributed by atoms with Gasteiger partial charge in [-0.3, -0.25) is 9.59 Å². The van der Waals surface area contributed by atoms with E-state index in [-0.39, 0.29) is 25.6 Å². The number of benzene rings is 2. The second-order valence-corrected chi connectivity index (χ2v) is 9.54. The summed E-state index contributed by atoms with van der Waals surface area (Å²) in [6.07, 6.45) is 3.57. The third-order valence-corrected chi connectivity index (χ3v) is 6.96. The minimum Gasteiger partial charge on any atom is -0.486 e. The van der Waals surface area contributed by atoms with E-state index in [4.69, 9.17) is 27.9 Å². The molecular weight excluding hydrogens is 503 g/mol. The zero-order chi connectivity index (χ0) is 25.8. The van der Waals surface area contributed by atoms with E-state index in [1.807, 2.05) is 25.1 Å². The molecule has 0 aromatic heterocycles. The van der Waals surface area contributed by atoms with Gasteiger partial charge in [0.2, 0.25) is 11.8 Å². The van der Waals surface area contributed by atoms with Crippen LogP contribution in [0.15, 0.2) is 66.3 Å². The first-order valence-electron chi connectivity index (χ1n) is 11.8. The molecule has 2 amide bonds.